The average molecular weight is 358 g/mol. The molecule has 0 fully saturated rings. The van der Waals surface area contributed by atoms with Gasteiger partial charge in [0, 0.05) is 11.3 Å². The zero-order chi connectivity index (χ0) is 17.6. The van der Waals surface area contributed by atoms with E-state index >= 15 is 0 Å². The molecule has 2 aromatic carbocycles. The Hall–Kier alpha value is -2.54. The van der Waals surface area contributed by atoms with Gasteiger partial charge in [0.05, 0.1) is 6.61 Å². The standard InChI is InChI=1S/C18H19FN4OS/c1-13-3-5-14(6-4-13)17-21-22-18(23(17)20)25-12-2-11-24-16-9-7-15(19)8-10-16/h3-10H,2,11-12,20H2,1H3. The molecule has 0 aliphatic rings. The Kier molecular flexibility index (Phi) is 5.55. The van der Waals surface area contributed by atoms with Crippen molar-refractivity contribution in [2.24, 2.45) is 0 Å². The smallest absolute Gasteiger partial charge is 0.210 e. The number of hydrogen-bond acceptors (Lipinski definition) is 5. The number of halogens is 1. The van der Waals surface area contributed by atoms with E-state index in [1.165, 1.54) is 34.1 Å². The third-order valence-electron chi connectivity index (χ3n) is 3.58. The minimum Gasteiger partial charge on any atom is -0.494 e. The molecule has 0 atom stereocenters. The zero-order valence-corrected chi connectivity index (χ0v) is 14.7. The van der Waals surface area contributed by atoms with Crippen LogP contribution in [0.5, 0.6) is 5.75 Å². The summed E-state index contributed by atoms with van der Waals surface area (Å²) in [6.45, 7) is 2.58. The molecule has 0 spiro atoms. The fourth-order valence-electron chi connectivity index (χ4n) is 2.22. The molecule has 3 aromatic rings. The number of ether oxygens (including phenoxy) is 1. The Balaban J connectivity index is 1.49. The molecule has 1 heterocycles. The Morgan fingerprint density at radius 2 is 1.80 bits per heavy atom. The zero-order valence-electron chi connectivity index (χ0n) is 13.9. The Bertz CT molecular complexity index is 818. The number of benzene rings is 2. The third-order valence-corrected chi connectivity index (χ3v) is 4.61. The predicted octanol–water partition coefficient (Wildman–Crippen LogP) is 3.67. The van der Waals surface area contributed by atoms with Gasteiger partial charge in [-0.15, -0.1) is 10.2 Å². The predicted molar refractivity (Wildman–Crippen MR) is 97.6 cm³/mol. The molecule has 0 saturated carbocycles. The lowest BCUT2D eigenvalue weighted by Crippen LogP contribution is -2.11. The lowest BCUT2D eigenvalue weighted by atomic mass is 10.1. The van der Waals surface area contributed by atoms with E-state index in [9.17, 15) is 4.39 Å². The van der Waals surface area contributed by atoms with E-state index in [2.05, 4.69) is 10.2 Å². The molecule has 0 saturated heterocycles. The second kappa shape index (κ2) is 8.02. The van der Waals surface area contributed by atoms with Crippen molar-refractivity contribution in [3.63, 3.8) is 0 Å². The fourth-order valence-corrected chi connectivity index (χ4v) is 2.99. The van der Waals surface area contributed by atoms with Gasteiger partial charge in [0.15, 0.2) is 5.82 Å². The van der Waals surface area contributed by atoms with Gasteiger partial charge in [0.25, 0.3) is 0 Å². The summed E-state index contributed by atoms with van der Waals surface area (Å²) >= 11 is 1.53. The van der Waals surface area contributed by atoms with Gasteiger partial charge in [-0.3, -0.25) is 0 Å². The Morgan fingerprint density at radius 3 is 2.52 bits per heavy atom. The Labute approximate surface area is 150 Å². The molecular formula is C18H19FN4OS. The van der Waals surface area contributed by atoms with Crippen molar-refractivity contribution in [1.29, 1.82) is 0 Å². The number of thioether (sulfide) groups is 1. The van der Waals surface area contributed by atoms with Crippen LogP contribution in [0.15, 0.2) is 53.7 Å². The molecule has 3 rings (SSSR count). The number of nitrogens with two attached hydrogens (primary N) is 1. The van der Waals surface area contributed by atoms with Crippen molar-refractivity contribution in [3.05, 3.63) is 59.9 Å². The largest absolute Gasteiger partial charge is 0.494 e. The molecule has 0 aliphatic heterocycles. The van der Waals surface area contributed by atoms with E-state index in [0.29, 0.717) is 23.3 Å². The van der Waals surface area contributed by atoms with Gasteiger partial charge in [-0.25, -0.2) is 9.07 Å². The van der Waals surface area contributed by atoms with Gasteiger partial charge in [0.2, 0.25) is 5.16 Å². The molecule has 0 unspecified atom stereocenters. The summed E-state index contributed by atoms with van der Waals surface area (Å²) in [7, 11) is 0. The van der Waals surface area contributed by atoms with Crippen LogP contribution in [0.25, 0.3) is 11.4 Å². The number of nitrogens with zero attached hydrogens (tertiary/aromatic N) is 3. The molecule has 0 radical (unpaired) electrons. The summed E-state index contributed by atoms with van der Waals surface area (Å²) in [6.07, 6.45) is 0.814. The van der Waals surface area contributed by atoms with Crippen LogP contribution in [0.4, 0.5) is 4.39 Å². The van der Waals surface area contributed by atoms with Gasteiger partial charge in [0.1, 0.15) is 11.6 Å². The van der Waals surface area contributed by atoms with Gasteiger partial charge in [-0.1, -0.05) is 41.6 Å². The number of nitrogen functional groups attached to an aromatic ring is 1. The van der Waals surface area contributed by atoms with E-state index in [0.717, 1.165) is 17.7 Å². The summed E-state index contributed by atoms with van der Waals surface area (Å²) < 4.78 is 19.9. The van der Waals surface area contributed by atoms with Gasteiger partial charge >= 0.3 is 0 Å². The molecule has 0 bridgehead atoms. The van der Waals surface area contributed by atoms with Crippen LogP contribution < -0.4 is 10.6 Å². The highest BCUT2D eigenvalue weighted by atomic mass is 32.2. The van der Waals surface area contributed by atoms with E-state index < -0.39 is 0 Å². The first-order chi connectivity index (χ1) is 12.1. The van der Waals surface area contributed by atoms with Gasteiger partial charge < -0.3 is 10.6 Å². The van der Waals surface area contributed by atoms with Crippen LogP contribution in [0, 0.1) is 12.7 Å². The van der Waals surface area contributed by atoms with E-state index in [-0.39, 0.29) is 5.82 Å². The SMILES string of the molecule is Cc1ccc(-c2nnc(SCCCOc3ccc(F)cc3)n2N)cc1. The first kappa shape index (κ1) is 17.3. The first-order valence-electron chi connectivity index (χ1n) is 7.92. The van der Waals surface area contributed by atoms with Gasteiger partial charge in [-0.2, -0.15) is 0 Å². The van der Waals surface area contributed by atoms with E-state index in [1.54, 1.807) is 12.1 Å². The lowest BCUT2D eigenvalue weighted by molar-refractivity contribution is 0.318. The molecule has 1 aromatic heterocycles. The molecule has 25 heavy (non-hydrogen) atoms. The number of hydrogen-bond donors (Lipinski definition) is 1. The minimum absolute atomic E-state index is 0.269. The maximum absolute atomic E-state index is 12.8. The lowest BCUT2D eigenvalue weighted by Gasteiger charge is -2.06. The first-order valence-corrected chi connectivity index (χ1v) is 8.91. The second-order valence-electron chi connectivity index (χ2n) is 5.55. The summed E-state index contributed by atoms with van der Waals surface area (Å²) in [6, 6.07) is 14.0. The molecule has 0 aliphatic carbocycles. The van der Waals surface area contributed by atoms with Crippen molar-refractivity contribution >= 4 is 11.8 Å². The normalized spacial score (nSPS) is 10.8. The van der Waals surface area contributed by atoms with Crippen LogP contribution >= 0.6 is 11.8 Å². The maximum Gasteiger partial charge on any atom is 0.210 e. The summed E-state index contributed by atoms with van der Waals surface area (Å²) in [5.41, 5.74) is 2.12. The highest BCUT2D eigenvalue weighted by Crippen LogP contribution is 2.22. The summed E-state index contributed by atoms with van der Waals surface area (Å²) in [5.74, 6) is 7.93. The van der Waals surface area contributed by atoms with Crippen LogP contribution in [0.1, 0.15) is 12.0 Å². The topological polar surface area (TPSA) is 66.0 Å². The maximum atomic E-state index is 12.8. The second-order valence-corrected chi connectivity index (χ2v) is 6.61. The van der Waals surface area contributed by atoms with Crippen LogP contribution in [0.2, 0.25) is 0 Å². The third kappa shape index (κ3) is 4.51. The van der Waals surface area contributed by atoms with Crippen molar-refractivity contribution in [3.8, 4) is 17.1 Å². The summed E-state index contributed by atoms with van der Waals surface area (Å²) in [4.78, 5) is 0. The highest BCUT2D eigenvalue weighted by Gasteiger charge is 2.11. The molecular weight excluding hydrogens is 339 g/mol. The molecule has 130 valence electrons. The molecule has 0 amide bonds. The highest BCUT2D eigenvalue weighted by molar-refractivity contribution is 7.99. The minimum atomic E-state index is -0.269. The van der Waals surface area contributed by atoms with E-state index in [1.807, 2.05) is 31.2 Å². The van der Waals surface area contributed by atoms with E-state index in [4.69, 9.17) is 10.6 Å². The van der Waals surface area contributed by atoms with Crippen molar-refractivity contribution in [2.75, 3.05) is 18.2 Å². The van der Waals surface area contributed by atoms with Crippen LogP contribution in [0.3, 0.4) is 0 Å². The quantitative estimate of drug-likeness (QED) is 0.397. The molecule has 5 nitrogen and oxygen atoms in total. The molecule has 2 N–H and O–H groups in total. The fraction of sp³-hybridized carbons (Fsp3) is 0.222. The number of aryl methyl sites for hydroxylation is 1. The Morgan fingerprint density at radius 1 is 1.08 bits per heavy atom. The van der Waals surface area contributed by atoms with Crippen LogP contribution in [-0.2, 0) is 0 Å². The van der Waals surface area contributed by atoms with Gasteiger partial charge in [-0.05, 0) is 37.6 Å². The monoisotopic (exact) mass is 358 g/mol. The average Bonchev–Trinajstić information content (AvgIpc) is 2.98. The van der Waals surface area contributed by atoms with Crippen molar-refractivity contribution in [1.82, 2.24) is 14.9 Å². The number of rotatable bonds is 7. The summed E-state index contributed by atoms with van der Waals surface area (Å²) in [5, 5.41) is 8.98. The number of aromatic nitrogens is 3. The van der Waals surface area contributed by atoms with Crippen molar-refractivity contribution in [2.45, 2.75) is 18.5 Å². The molecule has 7 heteroatoms. The van der Waals surface area contributed by atoms with Crippen LogP contribution in [-0.4, -0.2) is 27.2 Å². The van der Waals surface area contributed by atoms with Crippen molar-refractivity contribution < 1.29 is 9.13 Å².